The summed E-state index contributed by atoms with van der Waals surface area (Å²) in [6, 6.07) is 22.1. The maximum atomic E-state index is 13.4. The quantitative estimate of drug-likeness (QED) is 0.254. The van der Waals surface area contributed by atoms with Crippen molar-refractivity contribution >= 4 is 28.6 Å². The fourth-order valence-electron chi connectivity index (χ4n) is 3.71. The molecule has 4 rings (SSSR count). The predicted molar refractivity (Wildman–Crippen MR) is 139 cm³/mol. The van der Waals surface area contributed by atoms with Crippen molar-refractivity contribution in [3.63, 3.8) is 0 Å². The summed E-state index contributed by atoms with van der Waals surface area (Å²) >= 11 is 1.24. The molecule has 0 radical (unpaired) electrons. The lowest BCUT2D eigenvalue weighted by Crippen LogP contribution is -2.28. The summed E-state index contributed by atoms with van der Waals surface area (Å²) in [4.78, 5) is 32.7. The van der Waals surface area contributed by atoms with Gasteiger partial charge in [0.2, 0.25) is 5.91 Å². The molecule has 0 aliphatic carbocycles. The Kier molecular flexibility index (Phi) is 7.72. The number of thioether (sulfide) groups is 1. The molecule has 0 N–H and O–H groups in total. The normalized spacial score (nSPS) is 10.8. The van der Waals surface area contributed by atoms with E-state index in [1.54, 1.807) is 35.8 Å². The van der Waals surface area contributed by atoms with Crippen LogP contribution in [0.1, 0.15) is 12.5 Å². The molecule has 8 heteroatoms. The standard InChI is InChI=1S/C27H27N3O4S/c1-4-34-21-15-13-20(14-16-21)30-26(32)22-10-6-7-11-23(22)28-27(30)35-18-25(31)29(2)17-19-9-5-8-12-24(19)33-3/h5-16H,4,17-18H2,1-3H3. The average molecular weight is 490 g/mol. The van der Waals surface area contributed by atoms with Crippen molar-refractivity contribution in [2.45, 2.75) is 18.6 Å². The van der Waals surface area contributed by atoms with Crippen LogP contribution in [0.4, 0.5) is 0 Å². The second-order valence-corrected chi connectivity index (χ2v) is 8.77. The molecule has 0 saturated carbocycles. The number of para-hydroxylation sites is 2. The zero-order chi connectivity index (χ0) is 24.8. The van der Waals surface area contributed by atoms with Gasteiger partial charge in [-0.25, -0.2) is 4.98 Å². The van der Waals surface area contributed by atoms with Gasteiger partial charge in [0.25, 0.3) is 5.56 Å². The van der Waals surface area contributed by atoms with Crippen LogP contribution in [0.2, 0.25) is 0 Å². The molecule has 0 aliphatic heterocycles. The number of benzene rings is 3. The number of methoxy groups -OCH3 is 1. The number of hydrogen-bond acceptors (Lipinski definition) is 6. The Labute approximate surface area is 208 Å². The van der Waals surface area contributed by atoms with Crippen molar-refractivity contribution in [3.8, 4) is 17.2 Å². The van der Waals surface area contributed by atoms with Gasteiger partial charge in [0.05, 0.1) is 36.1 Å². The molecular formula is C27H27N3O4S. The molecule has 180 valence electrons. The maximum absolute atomic E-state index is 13.4. The summed E-state index contributed by atoms with van der Waals surface area (Å²) < 4.78 is 12.5. The molecule has 0 unspecified atom stereocenters. The number of amides is 1. The number of aromatic nitrogens is 2. The van der Waals surface area contributed by atoms with E-state index in [0.717, 1.165) is 17.1 Å². The number of fused-ring (bicyclic) bond motifs is 1. The molecule has 0 atom stereocenters. The van der Waals surface area contributed by atoms with Crippen LogP contribution in [0.25, 0.3) is 16.6 Å². The smallest absolute Gasteiger partial charge is 0.266 e. The molecule has 35 heavy (non-hydrogen) atoms. The molecular weight excluding hydrogens is 462 g/mol. The fourth-order valence-corrected chi connectivity index (χ4v) is 4.66. The Morgan fingerprint density at radius 2 is 1.74 bits per heavy atom. The Morgan fingerprint density at radius 3 is 2.49 bits per heavy atom. The summed E-state index contributed by atoms with van der Waals surface area (Å²) in [5.74, 6) is 1.51. The first kappa shape index (κ1) is 24.3. The van der Waals surface area contributed by atoms with Gasteiger partial charge in [0, 0.05) is 19.2 Å². The summed E-state index contributed by atoms with van der Waals surface area (Å²) in [5.41, 5.74) is 1.99. The van der Waals surface area contributed by atoms with E-state index in [-0.39, 0.29) is 17.2 Å². The fraction of sp³-hybridized carbons (Fsp3) is 0.222. The van der Waals surface area contributed by atoms with Crippen molar-refractivity contribution < 1.29 is 14.3 Å². The Morgan fingerprint density at radius 1 is 1.03 bits per heavy atom. The molecule has 0 fully saturated rings. The minimum Gasteiger partial charge on any atom is -0.496 e. The zero-order valence-corrected chi connectivity index (χ0v) is 20.7. The molecule has 1 aromatic heterocycles. The van der Waals surface area contributed by atoms with Gasteiger partial charge in [0.15, 0.2) is 5.16 Å². The minimum atomic E-state index is -0.183. The monoisotopic (exact) mass is 489 g/mol. The van der Waals surface area contributed by atoms with E-state index in [1.165, 1.54) is 11.8 Å². The first-order valence-electron chi connectivity index (χ1n) is 11.3. The van der Waals surface area contributed by atoms with Crippen LogP contribution in [0.5, 0.6) is 11.5 Å². The van der Waals surface area contributed by atoms with Gasteiger partial charge in [-0.2, -0.15) is 0 Å². The van der Waals surface area contributed by atoms with E-state index in [2.05, 4.69) is 0 Å². The number of carbonyl (C=O) groups is 1. The van der Waals surface area contributed by atoms with Gasteiger partial charge in [-0.05, 0) is 49.4 Å². The van der Waals surface area contributed by atoms with Crippen LogP contribution < -0.4 is 15.0 Å². The van der Waals surface area contributed by atoms with Crippen molar-refractivity contribution in [2.75, 3.05) is 26.5 Å². The van der Waals surface area contributed by atoms with E-state index >= 15 is 0 Å². The van der Waals surface area contributed by atoms with Gasteiger partial charge in [-0.3, -0.25) is 14.2 Å². The second-order valence-electron chi connectivity index (χ2n) is 7.83. The van der Waals surface area contributed by atoms with Crippen LogP contribution in [0.3, 0.4) is 0 Å². The molecule has 1 heterocycles. The number of ether oxygens (including phenoxy) is 2. The first-order valence-corrected chi connectivity index (χ1v) is 12.2. The highest BCUT2D eigenvalue weighted by Crippen LogP contribution is 2.24. The number of rotatable bonds is 9. The van der Waals surface area contributed by atoms with Crippen molar-refractivity contribution in [1.82, 2.24) is 14.5 Å². The zero-order valence-electron chi connectivity index (χ0n) is 19.9. The lowest BCUT2D eigenvalue weighted by atomic mass is 10.2. The third-order valence-electron chi connectivity index (χ3n) is 5.50. The van der Waals surface area contributed by atoms with E-state index < -0.39 is 0 Å². The highest BCUT2D eigenvalue weighted by Gasteiger charge is 2.17. The van der Waals surface area contributed by atoms with E-state index in [1.807, 2.05) is 67.6 Å². The van der Waals surface area contributed by atoms with Gasteiger partial charge < -0.3 is 14.4 Å². The van der Waals surface area contributed by atoms with E-state index in [4.69, 9.17) is 14.5 Å². The Hall–Kier alpha value is -3.78. The predicted octanol–water partition coefficient (Wildman–Crippen LogP) is 4.54. The minimum absolute atomic E-state index is 0.0819. The SMILES string of the molecule is CCOc1ccc(-n2c(SCC(=O)N(C)Cc3ccccc3OC)nc3ccccc3c2=O)cc1. The van der Waals surface area contributed by atoms with Crippen LogP contribution >= 0.6 is 11.8 Å². The lowest BCUT2D eigenvalue weighted by Gasteiger charge is -2.19. The van der Waals surface area contributed by atoms with Gasteiger partial charge >= 0.3 is 0 Å². The number of hydrogen-bond donors (Lipinski definition) is 0. The summed E-state index contributed by atoms with van der Waals surface area (Å²) in [5, 5.41) is 0.974. The maximum Gasteiger partial charge on any atom is 0.266 e. The van der Waals surface area contributed by atoms with E-state index in [9.17, 15) is 9.59 Å². The Bertz CT molecular complexity index is 1390. The summed E-state index contributed by atoms with van der Waals surface area (Å²) in [6.45, 7) is 2.89. The Balaban J connectivity index is 1.61. The van der Waals surface area contributed by atoms with Crippen molar-refractivity contribution in [2.24, 2.45) is 0 Å². The van der Waals surface area contributed by atoms with Crippen LogP contribution in [-0.2, 0) is 11.3 Å². The van der Waals surface area contributed by atoms with Gasteiger partial charge in [-0.15, -0.1) is 0 Å². The highest BCUT2D eigenvalue weighted by atomic mass is 32.2. The third kappa shape index (κ3) is 5.49. The lowest BCUT2D eigenvalue weighted by molar-refractivity contribution is -0.127. The summed E-state index contributed by atoms with van der Waals surface area (Å²) in [7, 11) is 3.37. The van der Waals surface area contributed by atoms with Gasteiger partial charge in [-0.1, -0.05) is 42.1 Å². The summed E-state index contributed by atoms with van der Waals surface area (Å²) in [6.07, 6.45) is 0. The molecule has 0 bridgehead atoms. The molecule has 0 aliphatic rings. The third-order valence-corrected chi connectivity index (χ3v) is 6.42. The molecule has 7 nitrogen and oxygen atoms in total. The van der Waals surface area contributed by atoms with Gasteiger partial charge in [0.1, 0.15) is 11.5 Å². The highest BCUT2D eigenvalue weighted by molar-refractivity contribution is 7.99. The van der Waals surface area contributed by atoms with E-state index in [0.29, 0.717) is 34.9 Å². The average Bonchev–Trinajstić information content (AvgIpc) is 2.88. The molecule has 4 aromatic rings. The van der Waals surface area contributed by atoms with Crippen molar-refractivity contribution in [1.29, 1.82) is 0 Å². The molecule has 0 spiro atoms. The first-order chi connectivity index (χ1) is 17.0. The molecule has 1 amide bonds. The molecule has 3 aromatic carbocycles. The topological polar surface area (TPSA) is 73.7 Å². The number of nitrogens with zero attached hydrogens (tertiary/aromatic N) is 3. The van der Waals surface area contributed by atoms with Crippen molar-refractivity contribution in [3.05, 3.63) is 88.7 Å². The second kappa shape index (κ2) is 11.1. The van der Waals surface area contributed by atoms with Crippen LogP contribution in [-0.4, -0.2) is 46.9 Å². The largest absolute Gasteiger partial charge is 0.496 e. The number of carbonyl (C=O) groups excluding carboxylic acids is 1. The molecule has 0 saturated heterocycles. The van der Waals surface area contributed by atoms with Crippen LogP contribution in [0.15, 0.2) is 82.7 Å². The van der Waals surface area contributed by atoms with Crippen LogP contribution in [0, 0.1) is 0 Å².